The topological polar surface area (TPSA) is 70.9 Å². The monoisotopic (exact) mass is 450 g/mol. The lowest BCUT2D eigenvalue weighted by Crippen LogP contribution is -2.32. The first-order chi connectivity index (χ1) is 16.6. The minimum absolute atomic E-state index is 0.0611. The first-order valence-electron chi connectivity index (χ1n) is 11.1. The van der Waals surface area contributed by atoms with Crippen LogP contribution in [0, 0.1) is 6.57 Å². The highest BCUT2D eigenvalue weighted by atomic mass is 16.3. The number of carbonyl (C=O) groups is 1. The molecule has 0 aliphatic carbocycles. The van der Waals surface area contributed by atoms with Gasteiger partial charge in [0.15, 0.2) is 11.5 Å². The van der Waals surface area contributed by atoms with Crippen LogP contribution >= 0.6 is 0 Å². The van der Waals surface area contributed by atoms with Gasteiger partial charge in [0.2, 0.25) is 0 Å². The van der Waals surface area contributed by atoms with E-state index in [0.717, 1.165) is 39.6 Å². The van der Waals surface area contributed by atoms with Crippen molar-refractivity contribution in [1.29, 1.82) is 0 Å². The van der Waals surface area contributed by atoms with Gasteiger partial charge in [0, 0.05) is 43.4 Å². The van der Waals surface area contributed by atoms with E-state index in [4.69, 9.17) is 6.57 Å². The van der Waals surface area contributed by atoms with Gasteiger partial charge in [-0.15, -0.1) is 0 Å². The number of amides is 2. The number of rotatable bonds is 3. The van der Waals surface area contributed by atoms with Crippen molar-refractivity contribution in [2.45, 2.75) is 12.6 Å². The third-order valence-corrected chi connectivity index (χ3v) is 6.76. The van der Waals surface area contributed by atoms with Crippen LogP contribution in [0.2, 0.25) is 0 Å². The predicted molar refractivity (Wildman–Crippen MR) is 129 cm³/mol. The first kappa shape index (κ1) is 20.3. The van der Waals surface area contributed by atoms with Gasteiger partial charge >= 0.3 is 6.03 Å². The summed E-state index contributed by atoms with van der Waals surface area (Å²) >= 11 is 0. The van der Waals surface area contributed by atoms with E-state index >= 15 is 0 Å². The third kappa shape index (κ3) is 3.02. The fourth-order valence-corrected chi connectivity index (χ4v) is 4.84. The molecule has 1 saturated heterocycles. The zero-order valence-electron chi connectivity index (χ0n) is 18.6. The summed E-state index contributed by atoms with van der Waals surface area (Å²) in [4.78, 5) is 24.2. The lowest BCUT2D eigenvalue weighted by molar-refractivity contribution is 0.182. The van der Waals surface area contributed by atoms with Gasteiger partial charge in [0.1, 0.15) is 0 Å². The molecular formula is C26H22N6O2. The number of carbonyl (C=O) groups excluding carboxylic acids is 1. The van der Waals surface area contributed by atoms with Gasteiger partial charge in [-0.05, 0) is 35.4 Å². The minimum Gasteiger partial charge on any atom is -0.394 e. The maximum Gasteiger partial charge on any atom is 0.324 e. The third-order valence-electron chi connectivity index (χ3n) is 6.76. The number of nitrogens with zero attached hydrogens (tertiary/aromatic N) is 6. The minimum atomic E-state index is -0.209. The highest BCUT2D eigenvalue weighted by Gasteiger charge is 2.35. The summed E-state index contributed by atoms with van der Waals surface area (Å²) in [7, 11) is 1.72. The molecule has 2 aliphatic rings. The second-order valence-electron chi connectivity index (χ2n) is 8.67. The van der Waals surface area contributed by atoms with Gasteiger partial charge in [-0.3, -0.25) is 9.47 Å². The van der Waals surface area contributed by atoms with Crippen molar-refractivity contribution >= 4 is 17.4 Å². The number of benzene rings is 2. The van der Waals surface area contributed by atoms with Gasteiger partial charge < -0.3 is 14.6 Å². The summed E-state index contributed by atoms with van der Waals surface area (Å²) in [6.45, 7) is 8.20. The number of likely N-dealkylation sites (N-methyl/N-ethyl adjacent to an activating group) is 1. The number of fused-ring (bicyclic) bond motifs is 5. The fraction of sp³-hybridized carbons (Fsp3) is 0.192. The molecule has 0 bridgehead atoms. The predicted octanol–water partition coefficient (Wildman–Crippen LogP) is 4.15. The Hall–Kier alpha value is -4.35. The van der Waals surface area contributed by atoms with Gasteiger partial charge in [-0.25, -0.2) is 14.6 Å². The van der Waals surface area contributed by atoms with Crippen molar-refractivity contribution in [1.82, 2.24) is 19.0 Å². The number of hydrogen-bond donors (Lipinski definition) is 1. The molecule has 8 heteroatoms. The number of aromatic nitrogens is 3. The summed E-state index contributed by atoms with van der Waals surface area (Å²) in [5, 5.41) is 9.62. The molecule has 2 aromatic heterocycles. The Morgan fingerprint density at radius 2 is 1.97 bits per heavy atom. The molecule has 0 radical (unpaired) electrons. The average Bonchev–Trinajstić information content (AvgIpc) is 3.56. The zero-order chi connectivity index (χ0) is 23.4. The van der Waals surface area contributed by atoms with E-state index in [9.17, 15) is 9.90 Å². The highest BCUT2D eigenvalue weighted by molar-refractivity contribution is 5.94. The fourth-order valence-electron chi connectivity index (χ4n) is 4.84. The lowest BCUT2D eigenvalue weighted by atomic mass is 10.1. The SMILES string of the molecule is [C-]#[N+]c1ccc(-c2cc3n(c2)Cc2cc(N4C[C@@H](CO)N(C)C4=O)ccc2-n2ccnc2-3)cc1. The van der Waals surface area contributed by atoms with Crippen LogP contribution in [0.1, 0.15) is 5.56 Å². The molecule has 0 unspecified atom stereocenters. The molecule has 1 N–H and O–H groups in total. The Balaban J connectivity index is 1.42. The van der Waals surface area contributed by atoms with Gasteiger partial charge in [0.05, 0.1) is 37.1 Å². The van der Waals surface area contributed by atoms with Gasteiger partial charge in [0.25, 0.3) is 0 Å². The van der Waals surface area contributed by atoms with Crippen molar-refractivity contribution in [2.75, 3.05) is 25.1 Å². The van der Waals surface area contributed by atoms with Crippen molar-refractivity contribution in [3.05, 3.63) is 84.1 Å². The van der Waals surface area contributed by atoms with Crippen LogP contribution in [-0.4, -0.2) is 56.4 Å². The normalized spacial score (nSPS) is 16.6. The van der Waals surface area contributed by atoms with E-state index in [-0.39, 0.29) is 18.7 Å². The standard InChI is InChI=1S/C26H22N6O2/c1-27-20-5-3-17(4-6-20)18-12-24-25-28-9-10-31(25)23-8-7-21(11-19(23)14-30(24)13-18)32-15-22(16-33)29(2)26(32)34/h3-13,22,33H,14-16H2,2H3/t22-/m0/s1. The average molecular weight is 451 g/mol. The molecule has 2 amide bonds. The van der Waals surface area contributed by atoms with Crippen LogP contribution in [0.3, 0.4) is 0 Å². The quantitative estimate of drug-likeness (QED) is 0.420. The second-order valence-corrected chi connectivity index (χ2v) is 8.67. The smallest absolute Gasteiger partial charge is 0.324 e. The van der Waals surface area contributed by atoms with Crippen LogP contribution in [-0.2, 0) is 6.54 Å². The molecule has 6 rings (SSSR count). The lowest BCUT2D eigenvalue weighted by Gasteiger charge is -2.18. The number of hydrogen-bond acceptors (Lipinski definition) is 3. The molecule has 168 valence electrons. The molecule has 2 aromatic carbocycles. The number of aliphatic hydroxyl groups is 1. The van der Waals surface area contributed by atoms with Crippen LogP contribution in [0.15, 0.2) is 67.1 Å². The molecule has 0 spiro atoms. The molecule has 1 fully saturated rings. The molecule has 1 atom stereocenters. The second kappa shape index (κ2) is 7.61. The van der Waals surface area contributed by atoms with Crippen molar-refractivity contribution in [3.8, 4) is 28.3 Å². The summed E-state index contributed by atoms with van der Waals surface area (Å²) < 4.78 is 4.26. The summed E-state index contributed by atoms with van der Waals surface area (Å²) in [5.41, 5.74) is 6.64. The molecule has 34 heavy (non-hydrogen) atoms. The van der Waals surface area contributed by atoms with E-state index < -0.39 is 0 Å². The Morgan fingerprint density at radius 3 is 2.71 bits per heavy atom. The maximum atomic E-state index is 12.8. The Morgan fingerprint density at radius 1 is 1.15 bits per heavy atom. The maximum absolute atomic E-state index is 12.8. The molecule has 0 saturated carbocycles. The largest absolute Gasteiger partial charge is 0.394 e. The first-order valence-corrected chi connectivity index (χ1v) is 11.1. The summed E-state index contributed by atoms with van der Waals surface area (Å²) in [6.07, 6.45) is 5.86. The van der Waals surface area contributed by atoms with E-state index in [1.165, 1.54) is 0 Å². The van der Waals surface area contributed by atoms with Crippen LogP contribution < -0.4 is 4.90 Å². The Labute approximate surface area is 196 Å². The van der Waals surface area contributed by atoms with Crippen LogP contribution in [0.25, 0.3) is 33.2 Å². The number of anilines is 1. The van der Waals surface area contributed by atoms with Crippen molar-refractivity contribution < 1.29 is 9.90 Å². The van der Waals surface area contributed by atoms with E-state index in [1.807, 2.05) is 42.6 Å². The molecule has 4 aromatic rings. The Kier molecular flexibility index (Phi) is 4.54. The molecule has 2 aliphatic heterocycles. The number of urea groups is 1. The Bertz CT molecular complexity index is 1460. The summed E-state index contributed by atoms with van der Waals surface area (Å²) in [6, 6.07) is 15.5. The van der Waals surface area contributed by atoms with Gasteiger partial charge in [-0.1, -0.05) is 24.3 Å². The van der Waals surface area contributed by atoms with Crippen molar-refractivity contribution in [3.63, 3.8) is 0 Å². The van der Waals surface area contributed by atoms with Gasteiger partial charge in [-0.2, -0.15) is 0 Å². The number of imidazole rings is 1. The molecular weight excluding hydrogens is 428 g/mol. The molecule has 8 nitrogen and oxygen atoms in total. The van der Waals surface area contributed by atoms with E-state index in [2.05, 4.69) is 37.3 Å². The van der Waals surface area contributed by atoms with Crippen molar-refractivity contribution in [2.24, 2.45) is 0 Å². The van der Waals surface area contributed by atoms with E-state index in [1.54, 1.807) is 23.0 Å². The summed E-state index contributed by atoms with van der Waals surface area (Å²) in [5.74, 6) is 0.854. The highest BCUT2D eigenvalue weighted by Crippen LogP contribution is 2.36. The zero-order valence-corrected chi connectivity index (χ0v) is 18.6. The molecule has 4 heterocycles. The van der Waals surface area contributed by atoms with Crippen LogP contribution in [0.4, 0.5) is 16.2 Å². The number of aliphatic hydroxyl groups excluding tert-OH is 1. The van der Waals surface area contributed by atoms with Crippen LogP contribution in [0.5, 0.6) is 0 Å². The van der Waals surface area contributed by atoms with E-state index in [0.29, 0.717) is 18.8 Å².